The standard InChI is InChI=1S/C7H12N2O/c1-4-9-6(5(2)3)7(8)10/h4H,1-3H3,(H2,8,10). The minimum Gasteiger partial charge on any atom is -0.364 e. The Morgan fingerprint density at radius 1 is 1.50 bits per heavy atom. The summed E-state index contributed by atoms with van der Waals surface area (Å²) >= 11 is 0. The van der Waals surface area contributed by atoms with Gasteiger partial charge in [0.2, 0.25) is 0 Å². The normalized spacial score (nSPS) is 9.90. The number of amides is 1. The summed E-state index contributed by atoms with van der Waals surface area (Å²) in [4.78, 5) is 14.4. The fraction of sp³-hybridized carbons (Fsp3) is 0.429. The molecule has 0 atom stereocenters. The number of rotatable bonds is 2. The van der Waals surface area contributed by atoms with Crippen LogP contribution in [0.3, 0.4) is 0 Å². The van der Waals surface area contributed by atoms with Crippen LogP contribution in [0.2, 0.25) is 0 Å². The van der Waals surface area contributed by atoms with Crippen molar-refractivity contribution in [2.75, 3.05) is 0 Å². The molecule has 0 aromatic rings. The predicted molar refractivity (Wildman–Crippen MR) is 41.7 cm³/mol. The lowest BCUT2D eigenvalue weighted by Crippen LogP contribution is -2.13. The second kappa shape index (κ2) is 3.82. The lowest BCUT2D eigenvalue weighted by atomic mass is 10.2. The maximum Gasteiger partial charge on any atom is 0.267 e. The van der Waals surface area contributed by atoms with E-state index in [1.807, 2.05) is 0 Å². The van der Waals surface area contributed by atoms with Crippen LogP contribution in [0.4, 0.5) is 0 Å². The highest BCUT2D eigenvalue weighted by molar-refractivity contribution is 5.93. The average Bonchev–Trinajstić information content (AvgIpc) is 1.81. The summed E-state index contributed by atoms with van der Waals surface area (Å²) < 4.78 is 0. The Kier molecular flexibility index (Phi) is 3.39. The highest BCUT2D eigenvalue weighted by Gasteiger charge is 2.01. The summed E-state index contributed by atoms with van der Waals surface area (Å²) in [5.74, 6) is -0.474. The van der Waals surface area contributed by atoms with Crippen LogP contribution >= 0.6 is 0 Å². The van der Waals surface area contributed by atoms with Gasteiger partial charge < -0.3 is 5.73 Å². The van der Waals surface area contributed by atoms with Crippen LogP contribution in [0.15, 0.2) is 16.3 Å². The molecular formula is C7H12N2O. The van der Waals surface area contributed by atoms with Crippen LogP contribution in [-0.4, -0.2) is 12.1 Å². The third kappa shape index (κ3) is 2.44. The number of carbonyl (C=O) groups excluding carboxylic acids is 1. The van der Waals surface area contributed by atoms with Crippen molar-refractivity contribution < 1.29 is 4.79 Å². The van der Waals surface area contributed by atoms with E-state index in [-0.39, 0.29) is 0 Å². The van der Waals surface area contributed by atoms with Gasteiger partial charge in [0.1, 0.15) is 5.70 Å². The molecule has 1 amide bonds. The number of nitrogens with zero attached hydrogens (tertiary/aromatic N) is 1. The number of hydrogen-bond donors (Lipinski definition) is 1. The molecule has 0 saturated heterocycles. The van der Waals surface area contributed by atoms with Crippen molar-refractivity contribution in [1.29, 1.82) is 0 Å². The van der Waals surface area contributed by atoms with Gasteiger partial charge in [-0.3, -0.25) is 9.79 Å². The monoisotopic (exact) mass is 140 g/mol. The van der Waals surface area contributed by atoms with Crippen LogP contribution in [0.1, 0.15) is 20.8 Å². The molecule has 0 saturated carbocycles. The molecule has 0 aliphatic heterocycles. The van der Waals surface area contributed by atoms with E-state index in [1.54, 1.807) is 27.0 Å². The molecule has 10 heavy (non-hydrogen) atoms. The molecule has 2 N–H and O–H groups in total. The summed E-state index contributed by atoms with van der Waals surface area (Å²) in [7, 11) is 0. The first-order valence-corrected chi connectivity index (χ1v) is 3.05. The fourth-order valence-corrected chi connectivity index (χ4v) is 0.568. The Bertz CT molecular complexity index is 188. The Morgan fingerprint density at radius 3 is 2.10 bits per heavy atom. The summed E-state index contributed by atoms with van der Waals surface area (Å²) in [5.41, 5.74) is 6.20. The van der Waals surface area contributed by atoms with Gasteiger partial charge in [0.05, 0.1) is 0 Å². The zero-order valence-corrected chi connectivity index (χ0v) is 6.51. The van der Waals surface area contributed by atoms with E-state index in [0.717, 1.165) is 5.57 Å². The lowest BCUT2D eigenvalue weighted by Gasteiger charge is -1.96. The molecule has 0 aromatic heterocycles. The molecule has 0 radical (unpaired) electrons. The maximum absolute atomic E-state index is 10.6. The first-order chi connectivity index (χ1) is 4.59. The quantitative estimate of drug-likeness (QED) is 0.448. The summed E-state index contributed by atoms with van der Waals surface area (Å²) in [6.07, 6.45) is 1.55. The van der Waals surface area contributed by atoms with Crippen LogP contribution in [0.25, 0.3) is 0 Å². The number of carbonyl (C=O) groups is 1. The molecule has 0 bridgehead atoms. The van der Waals surface area contributed by atoms with Crippen molar-refractivity contribution >= 4 is 12.1 Å². The highest BCUT2D eigenvalue weighted by atomic mass is 16.1. The van der Waals surface area contributed by atoms with E-state index < -0.39 is 5.91 Å². The van der Waals surface area contributed by atoms with Crippen molar-refractivity contribution in [2.24, 2.45) is 10.7 Å². The Morgan fingerprint density at radius 2 is 2.00 bits per heavy atom. The molecule has 56 valence electrons. The lowest BCUT2D eigenvalue weighted by molar-refractivity contribution is -0.114. The largest absolute Gasteiger partial charge is 0.364 e. The van der Waals surface area contributed by atoms with Crippen LogP contribution in [0.5, 0.6) is 0 Å². The second-order valence-electron chi connectivity index (χ2n) is 2.10. The first-order valence-electron chi connectivity index (χ1n) is 3.05. The van der Waals surface area contributed by atoms with Gasteiger partial charge in [0, 0.05) is 6.21 Å². The molecule has 0 heterocycles. The van der Waals surface area contributed by atoms with E-state index in [4.69, 9.17) is 5.73 Å². The fourth-order valence-electron chi connectivity index (χ4n) is 0.568. The number of hydrogen-bond acceptors (Lipinski definition) is 2. The van der Waals surface area contributed by atoms with Crippen molar-refractivity contribution in [2.45, 2.75) is 20.8 Å². The van der Waals surface area contributed by atoms with Crippen molar-refractivity contribution in [3.8, 4) is 0 Å². The van der Waals surface area contributed by atoms with Gasteiger partial charge in [-0.15, -0.1) is 0 Å². The van der Waals surface area contributed by atoms with E-state index in [9.17, 15) is 4.79 Å². The number of allylic oxidation sites excluding steroid dienone is 1. The van der Waals surface area contributed by atoms with E-state index in [0.29, 0.717) is 5.70 Å². The Balaban J connectivity index is 4.61. The van der Waals surface area contributed by atoms with Crippen LogP contribution in [-0.2, 0) is 4.79 Å². The third-order valence-corrected chi connectivity index (χ3v) is 0.965. The maximum atomic E-state index is 10.6. The number of aliphatic imine (C=N–C) groups is 1. The van der Waals surface area contributed by atoms with Gasteiger partial charge in [0.15, 0.2) is 0 Å². The predicted octanol–water partition coefficient (Wildman–Crippen LogP) is 0.856. The molecule has 0 rings (SSSR count). The summed E-state index contributed by atoms with van der Waals surface area (Å²) in [6, 6.07) is 0. The molecular weight excluding hydrogens is 128 g/mol. The highest BCUT2D eigenvalue weighted by Crippen LogP contribution is 2.02. The molecule has 0 aliphatic carbocycles. The molecule has 0 aromatic carbocycles. The average molecular weight is 140 g/mol. The van der Waals surface area contributed by atoms with Crippen LogP contribution < -0.4 is 5.73 Å². The van der Waals surface area contributed by atoms with Gasteiger partial charge in [0.25, 0.3) is 5.91 Å². The minimum absolute atomic E-state index is 0.350. The van der Waals surface area contributed by atoms with Gasteiger partial charge >= 0.3 is 0 Å². The van der Waals surface area contributed by atoms with E-state index in [2.05, 4.69) is 4.99 Å². The zero-order chi connectivity index (χ0) is 8.15. The molecule has 0 spiro atoms. The SMILES string of the molecule is CC=NC(C(N)=O)=C(C)C. The second-order valence-corrected chi connectivity index (χ2v) is 2.10. The summed E-state index contributed by atoms with van der Waals surface area (Å²) in [6.45, 7) is 5.34. The summed E-state index contributed by atoms with van der Waals surface area (Å²) in [5, 5.41) is 0. The van der Waals surface area contributed by atoms with Crippen molar-refractivity contribution in [3.05, 3.63) is 11.3 Å². The van der Waals surface area contributed by atoms with Gasteiger partial charge in [-0.05, 0) is 26.3 Å². The zero-order valence-electron chi connectivity index (χ0n) is 6.51. The molecule has 0 unspecified atom stereocenters. The smallest absolute Gasteiger partial charge is 0.267 e. The van der Waals surface area contributed by atoms with Crippen LogP contribution in [0, 0.1) is 0 Å². The van der Waals surface area contributed by atoms with E-state index in [1.165, 1.54) is 0 Å². The third-order valence-electron chi connectivity index (χ3n) is 0.965. The molecule has 3 nitrogen and oxygen atoms in total. The molecule has 0 aliphatic rings. The van der Waals surface area contributed by atoms with Gasteiger partial charge in [-0.2, -0.15) is 0 Å². The van der Waals surface area contributed by atoms with Crippen molar-refractivity contribution in [1.82, 2.24) is 0 Å². The molecule has 3 heteroatoms. The minimum atomic E-state index is -0.474. The molecule has 0 fully saturated rings. The Hall–Kier alpha value is -1.12. The topological polar surface area (TPSA) is 55.4 Å². The Labute approximate surface area is 60.6 Å². The van der Waals surface area contributed by atoms with E-state index >= 15 is 0 Å². The van der Waals surface area contributed by atoms with Gasteiger partial charge in [-0.1, -0.05) is 0 Å². The first kappa shape index (κ1) is 8.88. The number of primary amides is 1. The number of nitrogens with two attached hydrogens (primary N) is 1. The van der Waals surface area contributed by atoms with Crippen molar-refractivity contribution in [3.63, 3.8) is 0 Å². The van der Waals surface area contributed by atoms with Gasteiger partial charge in [-0.25, -0.2) is 0 Å².